The number of hydrogen-bond acceptors (Lipinski definition) is 4. The number of benzene rings is 1. The van der Waals surface area contributed by atoms with E-state index < -0.39 is 0 Å². The van der Waals surface area contributed by atoms with Crippen molar-refractivity contribution in [2.24, 2.45) is 0 Å². The van der Waals surface area contributed by atoms with Gasteiger partial charge in [-0.15, -0.1) is 11.3 Å². The van der Waals surface area contributed by atoms with Crippen molar-refractivity contribution in [3.8, 4) is 0 Å². The van der Waals surface area contributed by atoms with Gasteiger partial charge >= 0.3 is 5.97 Å². The number of hydrogen-bond donors (Lipinski definition) is 0. The van der Waals surface area contributed by atoms with Gasteiger partial charge < -0.3 is 4.74 Å². The highest BCUT2D eigenvalue weighted by atomic mass is 79.9. The number of halogens is 2. The first-order valence-electron chi connectivity index (χ1n) is 5.36. The average molecular weight is 401 g/mol. The van der Waals surface area contributed by atoms with Crippen LogP contribution in [0.4, 0.5) is 0 Å². The number of rotatable bonds is 1. The van der Waals surface area contributed by atoms with Gasteiger partial charge in [0.15, 0.2) is 0 Å². The first kappa shape index (κ1) is 13.0. The molecule has 3 aromatic rings. The largest absolute Gasteiger partial charge is 0.465 e. The topological polar surface area (TPSA) is 39.2 Å². The van der Waals surface area contributed by atoms with E-state index in [9.17, 15) is 4.79 Å². The Morgan fingerprint density at radius 1 is 1.32 bits per heavy atom. The van der Waals surface area contributed by atoms with Crippen LogP contribution in [0.3, 0.4) is 0 Å². The fourth-order valence-corrected chi connectivity index (χ4v) is 4.31. The third-order valence-electron chi connectivity index (χ3n) is 2.75. The maximum Gasteiger partial charge on any atom is 0.348 e. The molecule has 0 radical (unpaired) electrons. The van der Waals surface area contributed by atoms with Gasteiger partial charge in [-0.2, -0.15) is 0 Å². The van der Waals surface area contributed by atoms with Crippen LogP contribution in [0.5, 0.6) is 0 Å². The summed E-state index contributed by atoms with van der Waals surface area (Å²) in [5, 5.41) is 1.96. The molecule has 0 saturated carbocycles. The SMILES string of the molecule is COC(=O)c1cc2cnc3c(Br)cc(Br)cc3c2s1. The van der Waals surface area contributed by atoms with Crippen molar-refractivity contribution in [1.29, 1.82) is 0 Å². The van der Waals surface area contributed by atoms with E-state index >= 15 is 0 Å². The average Bonchev–Trinajstić information content (AvgIpc) is 2.81. The summed E-state index contributed by atoms with van der Waals surface area (Å²) in [6.45, 7) is 0. The summed E-state index contributed by atoms with van der Waals surface area (Å²) in [5.41, 5.74) is 0.883. The first-order valence-corrected chi connectivity index (χ1v) is 7.76. The maximum atomic E-state index is 11.6. The maximum absolute atomic E-state index is 11.6. The summed E-state index contributed by atoms with van der Waals surface area (Å²) in [6.07, 6.45) is 1.78. The van der Waals surface area contributed by atoms with Crippen LogP contribution in [-0.4, -0.2) is 18.1 Å². The summed E-state index contributed by atoms with van der Waals surface area (Å²) >= 11 is 8.40. The van der Waals surface area contributed by atoms with Crippen molar-refractivity contribution >= 4 is 70.2 Å². The molecule has 0 saturated heterocycles. The molecular weight excluding hydrogens is 394 g/mol. The second-order valence-corrected chi connectivity index (χ2v) is 6.75. The van der Waals surface area contributed by atoms with Gasteiger partial charge in [-0.3, -0.25) is 4.98 Å². The Hall–Kier alpha value is -0.980. The molecule has 3 nitrogen and oxygen atoms in total. The standard InChI is InChI=1S/C13H7Br2NO2S/c1-18-13(17)10-2-6-5-16-11-8(12(6)19-10)3-7(14)4-9(11)15/h2-5H,1H3. The van der Waals surface area contributed by atoms with Gasteiger partial charge in [0.05, 0.1) is 12.6 Å². The van der Waals surface area contributed by atoms with Crippen LogP contribution in [0, 0.1) is 0 Å². The molecule has 0 unspecified atom stereocenters. The number of thiophene rings is 1. The van der Waals surface area contributed by atoms with Crippen LogP contribution in [0.2, 0.25) is 0 Å². The Morgan fingerprint density at radius 3 is 2.84 bits per heavy atom. The van der Waals surface area contributed by atoms with Crippen molar-refractivity contribution in [3.05, 3.63) is 38.2 Å². The second kappa shape index (κ2) is 4.85. The number of carbonyl (C=O) groups is 1. The number of fused-ring (bicyclic) bond motifs is 3. The number of methoxy groups -OCH3 is 1. The van der Waals surface area contributed by atoms with Gasteiger partial charge in [0, 0.05) is 30.6 Å². The summed E-state index contributed by atoms with van der Waals surface area (Å²) in [4.78, 5) is 16.6. The quantitative estimate of drug-likeness (QED) is 0.552. The first-order chi connectivity index (χ1) is 9.10. The summed E-state index contributed by atoms with van der Waals surface area (Å²) in [7, 11) is 1.39. The zero-order valence-corrected chi connectivity index (χ0v) is 13.7. The van der Waals surface area contributed by atoms with Crippen molar-refractivity contribution in [2.45, 2.75) is 0 Å². The molecule has 0 amide bonds. The zero-order chi connectivity index (χ0) is 13.6. The minimum Gasteiger partial charge on any atom is -0.465 e. The fourth-order valence-electron chi connectivity index (χ4n) is 1.92. The van der Waals surface area contributed by atoms with Crippen LogP contribution < -0.4 is 0 Å². The number of ether oxygens (including phenoxy) is 1. The van der Waals surface area contributed by atoms with Crippen LogP contribution in [0.25, 0.3) is 21.0 Å². The van der Waals surface area contributed by atoms with E-state index in [1.165, 1.54) is 18.4 Å². The van der Waals surface area contributed by atoms with Gasteiger partial charge in [0.1, 0.15) is 4.88 Å². The molecule has 0 aliphatic rings. The molecule has 0 N–H and O–H groups in total. The molecule has 0 fully saturated rings. The lowest BCUT2D eigenvalue weighted by Crippen LogP contribution is -1.96. The summed E-state index contributed by atoms with van der Waals surface area (Å²) in [5.74, 6) is -0.316. The molecule has 19 heavy (non-hydrogen) atoms. The number of pyridine rings is 1. The predicted octanol–water partition coefficient (Wildman–Crippen LogP) is 4.76. The van der Waals surface area contributed by atoms with Crippen molar-refractivity contribution in [3.63, 3.8) is 0 Å². The van der Waals surface area contributed by atoms with Crippen molar-refractivity contribution < 1.29 is 9.53 Å². The molecule has 0 aliphatic carbocycles. The molecule has 0 bridgehead atoms. The van der Waals surface area contributed by atoms with Gasteiger partial charge in [-0.05, 0) is 34.1 Å². The molecular formula is C13H7Br2NO2S. The van der Waals surface area contributed by atoms with Gasteiger partial charge in [0.25, 0.3) is 0 Å². The number of nitrogens with zero attached hydrogens (tertiary/aromatic N) is 1. The Kier molecular flexibility index (Phi) is 3.32. The molecule has 2 heterocycles. The Morgan fingerprint density at radius 2 is 2.11 bits per heavy atom. The smallest absolute Gasteiger partial charge is 0.348 e. The normalized spacial score (nSPS) is 11.1. The zero-order valence-electron chi connectivity index (χ0n) is 9.74. The number of esters is 1. The van der Waals surface area contributed by atoms with Crippen molar-refractivity contribution in [1.82, 2.24) is 4.98 Å². The molecule has 6 heteroatoms. The van der Waals surface area contributed by atoms with Crippen LogP contribution in [-0.2, 0) is 4.74 Å². The van der Waals surface area contributed by atoms with Crippen LogP contribution in [0.1, 0.15) is 9.67 Å². The minimum atomic E-state index is -0.316. The molecule has 1 aromatic carbocycles. The number of aromatic nitrogens is 1. The fraction of sp³-hybridized carbons (Fsp3) is 0.0769. The minimum absolute atomic E-state index is 0.316. The third kappa shape index (κ3) is 2.17. The molecule has 0 aliphatic heterocycles. The van der Waals surface area contributed by atoms with E-state index in [1.54, 1.807) is 6.20 Å². The monoisotopic (exact) mass is 399 g/mol. The van der Waals surface area contributed by atoms with E-state index in [0.717, 1.165) is 29.9 Å². The molecule has 0 spiro atoms. The van der Waals surface area contributed by atoms with Crippen LogP contribution in [0.15, 0.2) is 33.3 Å². The molecule has 0 atom stereocenters. The lowest BCUT2D eigenvalue weighted by atomic mass is 10.2. The van der Waals surface area contributed by atoms with E-state index in [-0.39, 0.29) is 5.97 Å². The number of carbonyl (C=O) groups excluding carboxylic acids is 1. The van der Waals surface area contributed by atoms with Gasteiger partial charge in [0.2, 0.25) is 0 Å². The summed E-state index contributed by atoms with van der Waals surface area (Å²) in [6, 6.07) is 5.77. The molecule has 96 valence electrons. The lowest BCUT2D eigenvalue weighted by molar-refractivity contribution is 0.0606. The van der Waals surface area contributed by atoms with Gasteiger partial charge in [-0.25, -0.2) is 4.79 Å². The van der Waals surface area contributed by atoms with E-state index in [4.69, 9.17) is 4.74 Å². The van der Waals surface area contributed by atoms with E-state index in [0.29, 0.717) is 4.88 Å². The highest BCUT2D eigenvalue weighted by Gasteiger charge is 2.14. The predicted molar refractivity (Wildman–Crippen MR) is 83.9 cm³/mol. The Balaban J connectivity index is 2.39. The third-order valence-corrected chi connectivity index (χ3v) is 4.98. The summed E-state index contributed by atoms with van der Waals surface area (Å²) < 4.78 is 7.68. The van der Waals surface area contributed by atoms with E-state index in [2.05, 4.69) is 36.8 Å². The highest BCUT2D eigenvalue weighted by Crippen LogP contribution is 2.36. The molecule has 3 rings (SSSR count). The second-order valence-electron chi connectivity index (χ2n) is 3.93. The molecule has 2 aromatic heterocycles. The highest BCUT2D eigenvalue weighted by molar-refractivity contribution is 9.11. The van der Waals surface area contributed by atoms with Gasteiger partial charge in [-0.1, -0.05) is 15.9 Å². The Labute approximate surface area is 129 Å². The van der Waals surface area contributed by atoms with E-state index in [1.807, 2.05) is 18.2 Å². The lowest BCUT2D eigenvalue weighted by Gasteiger charge is -2.02. The van der Waals surface area contributed by atoms with Crippen LogP contribution >= 0.6 is 43.2 Å². The van der Waals surface area contributed by atoms with Crippen molar-refractivity contribution in [2.75, 3.05) is 7.11 Å². The Bertz CT molecular complexity index is 813.